The largest absolute Gasteiger partial charge is 0.383 e. The average molecular weight is 182 g/mol. The van der Waals surface area contributed by atoms with Crippen molar-refractivity contribution >= 4 is 5.78 Å². The fourth-order valence-corrected chi connectivity index (χ4v) is 0.716. The third-order valence-electron chi connectivity index (χ3n) is 1.51. The van der Waals surface area contributed by atoms with E-state index in [1.54, 1.807) is 0 Å². The lowest BCUT2D eigenvalue weighted by atomic mass is 10.3. The number of unbranched alkanes of at least 4 members (excludes halogenated alkanes) is 1. The van der Waals surface area contributed by atoms with Crippen LogP contribution in [0.5, 0.6) is 0 Å². The maximum atomic E-state index is 10.7. The molecule has 0 aromatic heterocycles. The Hall–Kier alpha value is -1.48. The SMILES string of the molecule is C=C(NCCCCN=[N+]=[N-])C(C)=O. The lowest BCUT2D eigenvalue weighted by Crippen LogP contribution is -2.18. The van der Waals surface area contributed by atoms with Crippen molar-refractivity contribution in [3.8, 4) is 0 Å². The van der Waals surface area contributed by atoms with Gasteiger partial charge >= 0.3 is 0 Å². The molecule has 5 nitrogen and oxygen atoms in total. The molecule has 72 valence electrons. The Morgan fingerprint density at radius 1 is 1.62 bits per heavy atom. The highest BCUT2D eigenvalue weighted by Crippen LogP contribution is 1.91. The molecule has 0 aliphatic rings. The molecule has 0 bridgehead atoms. The van der Waals surface area contributed by atoms with Gasteiger partial charge in [0.1, 0.15) is 0 Å². The number of nitrogens with one attached hydrogen (secondary N) is 1. The van der Waals surface area contributed by atoms with Gasteiger partial charge in [-0.1, -0.05) is 11.7 Å². The molecule has 0 aromatic rings. The Bertz CT molecular complexity index is 230. The van der Waals surface area contributed by atoms with Crippen molar-refractivity contribution in [2.45, 2.75) is 19.8 Å². The standard InChI is InChI=1S/C8H14N4O/c1-7(8(2)13)10-5-3-4-6-11-12-9/h10H,1,3-6H2,2H3. The third kappa shape index (κ3) is 6.90. The first kappa shape index (κ1) is 11.5. The van der Waals surface area contributed by atoms with Gasteiger partial charge < -0.3 is 5.32 Å². The zero-order valence-electron chi connectivity index (χ0n) is 7.79. The number of azide groups is 1. The van der Waals surface area contributed by atoms with Gasteiger partial charge in [-0.3, -0.25) is 4.79 Å². The van der Waals surface area contributed by atoms with Crippen LogP contribution in [0.3, 0.4) is 0 Å². The van der Waals surface area contributed by atoms with E-state index >= 15 is 0 Å². The van der Waals surface area contributed by atoms with Gasteiger partial charge in [-0.2, -0.15) is 0 Å². The monoisotopic (exact) mass is 182 g/mol. The molecule has 0 amide bonds. The minimum absolute atomic E-state index is 0.0463. The van der Waals surface area contributed by atoms with Crippen molar-refractivity contribution in [2.75, 3.05) is 13.1 Å². The summed E-state index contributed by atoms with van der Waals surface area (Å²) in [5.74, 6) is -0.0463. The van der Waals surface area contributed by atoms with Crippen molar-refractivity contribution < 1.29 is 4.79 Å². The van der Waals surface area contributed by atoms with Crippen LogP contribution >= 0.6 is 0 Å². The van der Waals surface area contributed by atoms with Gasteiger partial charge in [0.2, 0.25) is 0 Å². The van der Waals surface area contributed by atoms with E-state index in [1.807, 2.05) is 0 Å². The Morgan fingerprint density at radius 3 is 2.85 bits per heavy atom. The molecule has 0 aliphatic heterocycles. The van der Waals surface area contributed by atoms with Gasteiger partial charge in [-0.15, -0.1) is 0 Å². The molecule has 0 atom stereocenters. The highest BCUT2D eigenvalue weighted by Gasteiger charge is 1.97. The predicted octanol–water partition coefficient (Wildman–Crippen LogP) is 1.77. The molecular weight excluding hydrogens is 168 g/mol. The van der Waals surface area contributed by atoms with Crippen LogP contribution in [0.2, 0.25) is 0 Å². The number of carbonyl (C=O) groups excluding carboxylic acids is 1. The van der Waals surface area contributed by atoms with Crippen molar-refractivity contribution in [1.29, 1.82) is 0 Å². The molecule has 13 heavy (non-hydrogen) atoms. The van der Waals surface area contributed by atoms with Gasteiger partial charge in [0.25, 0.3) is 0 Å². The number of allylic oxidation sites excluding steroid dienone is 1. The molecule has 0 saturated carbocycles. The number of ketones is 1. The highest BCUT2D eigenvalue weighted by atomic mass is 16.1. The number of nitrogens with zero attached hydrogens (tertiary/aromatic N) is 3. The van der Waals surface area contributed by atoms with E-state index in [9.17, 15) is 4.79 Å². The lowest BCUT2D eigenvalue weighted by molar-refractivity contribution is -0.113. The first-order chi connectivity index (χ1) is 6.18. The second kappa shape index (κ2) is 7.18. The van der Waals surface area contributed by atoms with Crippen molar-refractivity contribution in [2.24, 2.45) is 5.11 Å². The summed E-state index contributed by atoms with van der Waals surface area (Å²) in [6.45, 7) is 6.21. The summed E-state index contributed by atoms with van der Waals surface area (Å²) < 4.78 is 0. The van der Waals surface area contributed by atoms with E-state index in [4.69, 9.17) is 5.53 Å². The molecule has 0 saturated heterocycles. The fraction of sp³-hybridized carbons (Fsp3) is 0.625. The smallest absolute Gasteiger partial charge is 0.174 e. The molecule has 5 heteroatoms. The van der Waals surface area contributed by atoms with E-state index in [0.29, 0.717) is 18.8 Å². The average Bonchev–Trinajstić information content (AvgIpc) is 2.10. The van der Waals surface area contributed by atoms with Crippen LogP contribution in [-0.2, 0) is 4.79 Å². The van der Waals surface area contributed by atoms with E-state index < -0.39 is 0 Å². The Kier molecular flexibility index (Phi) is 6.37. The van der Waals surface area contributed by atoms with Crippen molar-refractivity contribution in [1.82, 2.24) is 5.32 Å². The van der Waals surface area contributed by atoms with Crippen molar-refractivity contribution in [3.05, 3.63) is 22.7 Å². The quantitative estimate of drug-likeness (QED) is 0.214. The number of carbonyl (C=O) groups is 1. The molecule has 1 N–H and O–H groups in total. The van der Waals surface area contributed by atoms with E-state index in [0.717, 1.165) is 12.8 Å². The second-order valence-corrected chi connectivity index (χ2v) is 2.62. The second-order valence-electron chi connectivity index (χ2n) is 2.62. The Balaban J connectivity index is 3.30. The van der Waals surface area contributed by atoms with Gasteiger partial charge in [0.15, 0.2) is 5.78 Å². The highest BCUT2D eigenvalue weighted by molar-refractivity contribution is 5.91. The summed E-state index contributed by atoms with van der Waals surface area (Å²) in [7, 11) is 0. The van der Waals surface area contributed by atoms with E-state index in [-0.39, 0.29) is 5.78 Å². The van der Waals surface area contributed by atoms with Crippen LogP contribution in [0.25, 0.3) is 10.4 Å². The lowest BCUT2D eigenvalue weighted by Gasteiger charge is -2.04. The summed E-state index contributed by atoms with van der Waals surface area (Å²) in [6.07, 6.45) is 1.69. The molecule has 0 unspecified atom stereocenters. The van der Waals surface area contributed by atoms with Gasteiger partial charge in [-0.05, 0) is 18.4 Å². The number of hydrogen-bond acceptors (Lipinski definition) is 3. The summed E-state index contributed by atoms with van der Waals surface area (Å²) >= 11 is 0. The summed E-state index contributed by atoms with van der Waals surface area (Å²) in [5.41, 5.74) is 8.40. The van der Waals surface area contributed by atoms with Crippen LogP contribution in [0.15, 0.2) is 17.4 Å². The summed E-state index contributed by atoms with van der Waals surface area (Å²) in [4.78, 5) is 13.3. The van der Waals surface area contributed by atoms with Gasteiger partial charge in [-0.25, -0.2) is 0 Å². The number of hydrogen-bond donors (Lipinski definition) is 1. The van der Waals surface area contributed by atoms with Crippen LogP contribution in [0.1, 0.15) is 19.8 Å². The molecular formula is C8H14N4O. The predicted molar refractivity (Wildman–Crippen MR) is 51.1 cm³/mol. The van der Waals surface area contributed by atoms with Crippen LogP contribution in [-0.4, -0.2) is 18.9 Å². The number of Topliss-reactive ketones (excluding diaryl/α,β-unsaturated/α-hetero) is 1. The zero-order valence-corrected chi connectivity index (χ0v) is 7.79. The van der Waals surface area contributed by atoms with Crippen LogP contribution < -0.4 is 5.32 Å². The van der Waals surface area contributed by atoms with Crippen molar-refractivity contribution in [3.63, 3.8) is 0 Å². The van der Waals surface area contributed by atoms with Gasteiger partial charge in [0, 0.05) is 24.9 Å². The molecule has 0 fully saturated rings. The Morgan fingerprint density at radius 2 is 2.31 bits per heavy atom. The molecule has 0 heterocycles. The van der Waals surface area contributed by atoms with E-state index in [1.165, 1.54) is 6.92 Å². The molecule has 0 radical (unpaired) electrons. The Labute approximate surface area is 77.4 Å². The number of rotatable bonds is 7. The summed E-state index contributed by atoms with van der Waals surface area (Å²) in [5, 5.41) is 6.27. The minimum atomic E-state index is -0.0463. The zero-order chi connectivity index (χ0) is 10.1. The first-order valence-electron chi connectivity index (χ1n) is 4.13. The normalized spacial score (nSPS) is 8.69. The van der Waals surface area contributed by atoms with Crippen LogP contribution in [0, 0.1) is 0 Å². The molecule has 0 rings (SSSR count). The molecule has 0 aliphatic carbocycles. The first-order valence-corrected chi connectivity index (χ1v) is 4.13. The molecule has 0 aromatic carbocycles. The maximum Gasteiger partial charge on any atom is 0.174 e. The molecule has 0 spiro atoms. The van der Waals surface area contributed by atoms with Gasteiger partial charge in [0.05, 0.1) is 5.70 Å². The van der Waals surface area contributed by atoms with E-state index in [2.05, 4.69) is 21.9 Å². The summed E-state index contributed by atoms with van der Waals surface area (Å²) in [6, 6.07) is 0. The topological polar surface area (TPSA) is 77.9 Å². The third-order valence-corrected chi connectivity index (χ3v) is 1.51. The maximum absolute atomic E-state index is 10.7. The minimum Gasteiger partial charge on any atom is -0.383 e. The van der Waals surface area contributed by atoms with Crippen LogP contribution in [0.4, 0.5) is 0 Å². The fourth-order valence-electron chi connectivity index (χ4n) is 0.716.